The number of aryl methyl sites for hydroxylation is 2. The molecule has 0 aliphatic carbocycles. The van der Waals surface area contributed by atoms with Gasteiger partial charge >= 0.3 is 0 Å². The van der Waals surface area contributed by atoms with Gasteiger partial charge in [0, 0.05) is 17.5 Å². The van der Waals surface area contributed by atoms with Gasteiger partial charge in [0.25, 0.3) is 0 Å². The maximum absolute atomic E-state index is 4.82. The predicted octanol–water partition coefficient (Wildman–Crippen LogP) is 4.06. The van der Waals surface area contributed by atoms with E-state index in [1.807, 2.05) is 42.6 Å². The van der Waals surface area contributed by atoms with Gasteiger partial charge in [-0.2, -0.15) is 0 Å². The summed E-state index contributed by atoms with van der Waals surface area (Å²) in [6, 6.07) is 14.1. The molecule has 0 fully saturated rings. The van der Waals surface area contributed by atoms with E-state index in [2.05, 4.69) is 46.5 Å². The van der Waals surface area contributed by atoms with E-state index in [1.54, 1.807) is 10.8 Å². The first-order valence-corrected chi connectivity index (χ1v) is 8.85. The molecule has 0 amide bonds. The number of pyridine rings is 1. The van der Waals surface area contributed by atoms with Gasteiger partial charge in [0.2, 0.25) is 0 Å². The Morgan fingerprint density at radius 1 is 0.889 bits per heavy atom. The summed E-state index contributed by atoms with van der Waals surface area (Å²) in [5, 5.41) is 5.63. The third-order valence-corrected chi connectivity index (χ3v) is 4.99. The monoisotopic (exact) mass is 354 g/mol. The van der Waals surface area contributed by atoms with Gasteiger partial charge in [-0.1, -0.05) is 30.3 Å². The lowest BCUT2D eigenvalue weighted by Gasteiger charge is -2.07. The van der Waals surface area contributed by atoms with Crippen LogP contribution in [0, 0.1) is 20.8 Å². The molecule has 0 aliphatic rings. The summed E-state index contributed by atoms with van der Waals surface area (Å²) in [5.41, 5.74) is 6.05. The molecule has 6 heteroatoms. The Labute approximate surface area is 156 Å². The second kappa shape index (κ2) is 5.74. The Balaban J connectivity index is 1.82. The van der Waals surface area contributed by atoms with Crippen LogP contribution >= 0.6 is 0 Å². The van der Waals surface area contributed by atoms with Gasteiger partial charge < -0.3 is 0 Å². The van der Waals surface area contributed by atoms with Gasteiger partial charge in [0.05, 0.1) is 5.39 Å². The molecule has 0 spiro atoms. The molecule has 4 heterocycles. The fraction of sp³-hybridized carbons (Fsp3) is 0.143. The molecule has 0 unspecified atom stereocenters. The van der Waals surface area contributed by atoms with E-state index >= 15 is 0 Å². The van der Waals surface area contributed by atoms with E-state index in [0.29, 0.717) is 5.82 Å². The summed E-state index contributed by atoms with van der Waals surface area (Å²) in [4.78, 5) is 14.1. The Hall–Kier alpha value is -3.54. The molecular formula is C21H18N6. The topological polar surface area (TPSA) is 60.9 Å². The van der Waals surface area contributed by atoms with Crippen molar-refractivity contribution in [3.8, 4) is 17.2 Å². The standard InChI is InChI=1S/C21H18N6/c1-13-9-10-22-17(11-13)27-15(3)14(2)18-20(27)23-12-26-21(18)24-19(25-26)16-7-5-4-6-8-16/h4-12H,1-3H3. The van der Waals surface area contributed by atoms with E-state index in [9.17, 15) is 0 Å². The van der Waals surface area contributed by atoms with E-state index in [1.165, 1.54) is 0 Å². The van der Waals surface area contributed by atoms with Crippen LogP contribution in [0.4, 0.5) is 0 Å². The lowest BCUT2D eigenvalue weighted by Crippen LogP contribution is -2.01. The Kier molecular flexibility index (Phi) is 3.33. The van der Waals surface area contributed by atoms with Crippen LogP contribution in [0.3, 0.4) is 0 Å². The highest BCUT2D eigenvalue weighted by Gasteiger charge is 2.19. The first kappa shape index (κ1) is 15.7. The van der Waals surface area contributed by atoms with Crippen LogP contribution in [0.25, 0.3) is 33.9 Å². The van der Waals surface area contributed by atoms with Crippen molar-refractivity contribution in [1.82, 2.24) is 29.1 Å². The first-order valence-electron chi connectivity index (χ1n) is 8.85. The van der Waals surface area contributed by atoms with E-state index in [4.69, 9.17) is 4.98 Å². The second-order valence-corrected chi connectivity index (χ2v) is 6.75. The van der Waals surface area contributed by atoms with E-state index < -0.39 is 0 Å². The number of benzene rings is 1. The summed E-state index contributed by atoms with van der Waals surface area (Å²) < 4.78 is 3.85. The third kappa shape index (κ3) is 2.33. The van der Waals surface area contributed by atoms with E-state index in [0.717, 1.165) is 44.9 Å². The van der Waals surface area contributed by atoms with Gasteiger partial charge in [-0.25, -0.2) is 19.5 Å². The summed E-state index contributed by atoms with van der Waals surface area (Å²) in [6.07, 6.45) is 3.55. The van der Waals surface area contributed by atoms with Gasteiger partial charge in [-0.3, -0.25) is 4.57 Å². The summed E-state index contributed by atoms with van der Waals surface area (Å²) in [7, 11) is 0. The SMILES string of the molecule is Cc1ccnc(-n2c(C)c(C)c3c2ncn2nc(-c4ccccc4)nc32)c1. The van der Waals surface area contributed by atoms with Crippen LogP contribution < -0.4 is 0 Å². The molecule has 0 N–H and O–H groups in total. The largest absolute Gasteiger partial charge is 0.282 e. The number of aromatic nitrogens is 6. The van der Waals surface area contributed by atoms with Crippen LogP contribution in [0.5, 0.6) is 0 Å². The molecule has 1 aromatic carbocycles. The van der Waals surface area contributed by atoms with Crippen molar-refractivity contribution >= 4 is 16.7 Å². The summed E-state index contributed by atoms with van der Waals surface area (Å²) >= 11 is 0. The molecule has 0 atom stereocenters. The van der Waals surface area contributed by atoms with Crippen molar-refractivity contribution in [3.63, 3.8) is 0 Å². The number of nitrogens with zero attached hydrogens (tertiary/aromatic N) is 6. The average molecular weight is 354 g/mol. The number of hydrogen-bond acceptors (Lipinski definition) is 4. The van der Waals surface area contributed by atoms with Crippen molar-refractivity contribution in [2.24, 2.45) is 0 Å². The lowest BCUT2D eigenvalue weighted by molar-refractivity contribution is 0.918. The molecule has 132 valence electrons. The summed E-state index contributed by atoms with van der Waals surface area (Å²) in [6.45, 7) is 6.25. The van der Waals surface area contributed by atoms with Crippen LogP contribution in [0.15, 0.2) is 55.0 Å². The number of fused-ring (bicyclic) bond motifs is 3. The molecule has 0 bridgehead atoms. The number of hydrogen-bond donors (Lipinski definition) is 0. The minimum absolute atomic E-state index is 0.698. The summed E-state index contributed by atoms with van der Waals surface area (Å²) in [5.74, 6) is 1.56. The second-order valence-electron chi connectivity index (χ2n) is 6.75. The molecular weight excluding hydrogens is 336 g/mol. The Morgan fingerprint density at radius 3 is 2.48 bits per heavy atom. The molecule has 6 nitrogen and oxygen atoms in total. The minimum atomic E-state index is 0.698. The highest BCUT2D eigenvalue weighted by atomic mass is 15.3. The highest BCUT2D eigenvalue weighted by molar-refractivity contribution is 5.95. The predicted molar refractivity (Wildman–Crippen MR) is 105 cm³/mol. The molecule has 0 saturated carbocycles. The molecule has 4 aromatic heterocycles. The Bertz CT molecular complexity index is 1300. The van der Waals surface area contributed by atoms with Crippen molar-refractivity contribution in [1.29, 1.82) is 0 Å². The maximum Gasteiger partial charge on any atom is 0.182 e. The quantitative estimate of drug-likeness (QED) is 0.480. The van der Waals surface area contributed by atoms with Crippen molar-refractivity contribution in [2.75, 3.05) is 0 Å². The Morgan fingerprint density at radius 2 is 1.70 bits per heavy atom. The third-order valence-electron chi connectivity index (χ3n) is 4.99. The van der Waals surface area contributed by atoms with Crippen molar-refractivity contribution < 1.29 is 0 Å². The van der Waals surface area contributed by atoms with Gasteiger partial charge in [0.15, 0.2) is 17.1 Å². The van der Waals surface area contributed by atoms with Gasteiger partial charge in [-0.05, 0) is 44.0 Å². The molecule has 0 radical (unpaired) electrons. The highest BCUT2D eigenvalue weighted by Crippen LogP contribution is 2.30. The van der Waals surface area contributed by atoms with Crippen LogP contribution in [0.2, 0.25) is 0 Å². The molecule has 5 aromatic rings. The smallest absolute Gasteiger partial charge is 0.182 e. The zero-order valence-electron chi connectivity index (χ0n) is 15.4. The van der Waals surface area contributed by atoms with Crippen LogP contribution in [0.1, 0.15) is 16.8 Å². The zero-order valence-corrected chi connectivity index (χ0v) is 15.4. The van der Waals surface area contributed by atoms with Gasteiger partial charge in [0.1, 0.15) is 12.1 Å². The maximum atomic E-state index is 4.82. The first-order chi connectivity index (χ1) is 13.1. The fourth-order valence-electron chi connectivity index (χ4n) is 3.49. The molecule has 0 aliphatic heterocycles. The average Bonchev–Trinajstić information content (AvgIpc) is 3.22. The van der Waals surface area contributed by atoms with Crippen LogP contribution in [-0.2, 0) is 0 Å². The fourth-order valence-corrected chi connectivity index (χ4v) is 3.49. The minimum Gasteiger partial charge on any atom is -0.282 e. The van der Waals surface area contributed by atoms with Crippen molar-refractivity contribution in [2.45, 2.75) is 20.8 Å². The normalized spacial score (nSPS) is 11.5. The van der Waals surface area contributed by atoms with Gasteiger partial charge in [-0.15, -0.1) is 5.10 Å². The molecule has 0 saturated heterocycles. The van der Waals surface area contributed by atoms with Crippen molar-refractivity contribution in [3.05, 3.63) is 71.8 Å². The van der Waals surface area contributed by atoms with E-state index in [-0.39, 0.29) is 0 Å². The zero-order chi connectivity index (χ0) is 18.5. The molecule has 5 rings (SSSR count). The lowest BCUT2D eigenvalue weighted by atomic mass is 10.2. The van der Waals surface area contributed by atoms with Crippen LogP contribution in [-0.4, -0.2) is 29.1 Å². The number of rotatable bonds is 2. The molecule has 27 heavy (non-hydrogen) atoms.